The lowest BCUT2D eigenvalue weighted by Crippen LogP contribution is -2.11. The third-order valence-corrected chi connectivity index (χ3v) is 4.04. The van der Waals surface area contributed by atoms with E-state index in [1.54, 1.807) is 19.1 Å². The molecule has 3 N–H and O–H groups in total. The van der Waals surface area contributed by atoms with Crippen molar-refractivity contribution in [1.82, 2.24) is 15.2 Å². The molecule has 0 fully saturated rings. The van der Waals surface area contributed by atoms with Crippen LogP contribution in [0.2, 0.25) is 0 Å². The van der Waals surface area contributed by atoms with E-state index in [1.165, 1.54) is 18.2 Å². The highest BCUT2D eigenvalue weighted by molar-refractivity contribution is 5.64. The molecule has 11 heteroatoms. The number of ether oxygens (including phenoxy) is 1. The minimum absolute atomic E-state index is 0.0868. The van der Waals surface area contributed by atoms with Crippen LogP contribution in [0.15, 0.2) is 36.4 Å². The normalized spacial score (nSPS) is 11.9. The summed E-state index contributed by atoms with van der Waals surface area (Å²) in [5.41, 5.74) is 0.145. The molecule has 0 aliphatic carbocycles. The lowest BCUT2D eigenvalue weighted by molar-refractivity contribution is -0.384. The number of aromatic amines is 1. The summed E-state index contributed by atoms with van der Waals surface area (Å²) in [5.74, 6) is -1.12. The molecule has 0 aliphatic rings. The van der Waals surface area contributed by atoms with Crippen molar-refractivity contribution in [2.45, 2.75) is 32.9 Å². The smallest absolute Gasteiger partial charge is 0.314 e. The average Bonchev–Trinajstić information content (AvgIpc) is 3.10. The van der Waals surface area contributed by atoms with E-state index in [2.05, 4.69) is 25.8 Å². The van der Waals surface area contributed by atoms with Crippen LogP contribution in [-0.2, 0) is 0 Å². The number of anilines is 3. The molecule has 0 unspecified atom stereocenters. The predicted octanol–water partition coefficient (Wildman–Crippen LogP) is 4.70. The van der Waals surface area contributed by atoms with Gasteiger partial charge in [-0.05, 0) is 38.5 Å². The van der Waals surface area contributed by atoms with E-state index in [-0.39, 0.29) is 23.6 Å². The predicted molar refractivity (Wildman–Crippen MR) is 107 cm³/mol. The molecule has 0 amide bonds. The van der Waals surface area contributed by atoms with Crippen molar-refractivity contribution in [1.29, 1.82) is 0 Å². The molecule has 2 heterocycles. The zero-order chi connectivity index (χ0) is 21.8. The van der Waals surface area contributed by atoms with Gasteiger partial charge in [-0.2, -0.15) is 5.10 Å². The number of H-pyrrole nitrogens is 1. The topological polar surface area (TPSA) is 118 Å². The minimum Gasteiger partial charge on any atom is -0.475 e. The maximum Gasteiger partial charge on any atom is 0.314 e. The van der Waals surface area contributed by atoms with Crippen molar-refractivity contribution in [3.63, 3.8) is 0 Å². The molecule has 0 spiro atoms. The van der Waals surface area contributed by atoms with Crippen molar-refractivity contribution < 1.29 is 18.4 Å². The number of hydrogen-bond acceptors (Lipinski definition) is 7. The first-order valence-electron chi connectivity index (χ1n) is 9.09. The van der Waals surface area contributed by atoms with Crippen LogP contribution in [0.1, 0.15) is 32.4 Å². The molecule has 1 aromatic carbocycles. The summed E-state index contributed by atoms with van der Waals surface area (Å²) in [6, 6.07) is 7.47. The van der Waals surface area contributed by atoms with Crippen LogP contribution in [0.3, 0.4) is 0 Å². The summed E-state index contributed by atoms with van der Waals surface area (Å²) in [5, 5.41) is 23.5. The summed E-state index contributed by atoms with van der Waals surface area (Å²) in [7, 11) is 0. The van der Waals surface area contributed by atoms with E-state index < -0.39 is 28.3 Å². The fourth-order valence-electron chi connectivity index (χ4n) is 2.66. The summed E-state index contributed by atoms with van der Waals surface area (Å²) >= 11 is 0. The van der Waals surface area contributed by atoms with Gasteiger partial charge in [-0.25, -0.2) is 18.9 Å². The van der Waals surface area contributed by atoms with Crippen LogP contribution in [0, 0.1) is 21.7 Å². The minimum atomic E-state index is -0.920. The van der Waals surface area contributed by atoms with Crippen LogP contribution < -0.4 is 15.4 Å². The second-order valence-electron chi connectivity index (χ2n) is 6.77. The standard InChI is InChI=1S/C19H20F2N6O3/c1-10(2)30-17-9-16(25-26-17)23-18-14(21)8-15(27(28)29)19(24-18)22-11(3)12-4-6-13(20)7-5-12/h4-11H,1-3H3,(H3,22,23,24,25,26)/t11-/m0/s1. The van der Waals surface area contributed by atoms with E-state index in [1.807, 2.05) is 13.8 Å². The van der Waals surface area contributed by atoms with Gasteiger partial charge in [0, 0.05) is 6.07 Å². The summed E-state index contributed by atoms with van der Waals surface area (Å²) < 4.78 is 33.0. The van der Waals surface area contributed by atoms with Crippen molar-refractivity contribution in [3.05, 3.63) is 63.7 Å². The zero-order valence-electron chi connectivity index (χ0n) is 16.4. The van der Waals surface area contributed by atoms with Gasteiger partial charge in [-0.1, -0.05) is 12.1 Å². The number of pyridine rings is 1. The Kier molecular flexibility index (Phi) is 6.09. The lowest BCUT2D eigenvalue weighted by Gasteiger charge is -2.16. The van der Waals surface area contributed by atoms with E-state index in [0.717, 1.165) is 6.07 Å². The number of halogens is 2. The average molecular weight is 418 g/mol. The van der Waals surface area contributed by atoms with Crippen molar-refractivity contribution >= 4 is 23.1 Å². The maximum atomic E-state index is 14.4. The third kappa shape index (κ3) is 4.99. The molecule has 2 aromatic heterocycles. The molecule has 158 valence electrons. The van der Waals surface area contributed by atoms with Gasteiger partial charge in [0.2, 0.25) is 11.7 Å². The molecular formula is C19H20F2N6O3. The van der Waals surface area contributed by atoms with Gasteiger partial charge < -0.3 is 15.4 Å². The molecule has 3 rings (SSSR count). The van der Waals surface area contributed by atoms with E-state index in [4.69, 9.17) is 4.74 Å². The summed E-state index contributed by atoms with van der Waals surface area (Å²) in [6.07, 6.45) is -0.0868. The van der Waals surface area contributed by atoms with Crippen LogP contribution in [0.5, 0.6) is 5.88 Å². The Morgan fingerprint density at radius 3 is 2.47 bits per heavy atom. The SMILES string of the molecule is CC(C)Oc1cc(Nc2nc(N[C@@H](C)c3ccc(F)cc3)c([N+](=O)[O-])cc2F)n[nH]1. The number of nitrogens with zero attached hydrogens (tertiary/aromatic N) is 3. The molecule has 0 radical (unpaired) electrons. The van der Waals surface area contributed by atoms with Gasteiger partial charge >= 0.3 is 5.69 Å². The quantitative estimate of drug-likeness (QED) is 0.359. The highest BCUT2D eigenvalue weighted by Gasteiger charge is 2.23. The van der Waals surface area contributed by atoms with Gasteiger partial charge in [-0.3, -0.25) is 10.1 Å². The molecule has 0 saturated heterocycles. The van der Waals surface area contributed by atoms with Gasteiger partial charge in [0.1, 0.15) is 5.82 Å². The van der Waals surface area contributed by atoms with E-state index >= 15 is 0 Å². The fourth-order valence-corrected chi connectivity index (χ4v) is 2.66. The second kappa shape index (κ2) is 8.72. The molecule has 9 nitrogen and oxygen atoms in total. The Morgan fingerprint density at radius 2 is 1.83 bits per heavy atom. The van der Waals surface area contributed by atoms with Gasteiger partial charge in [-0.15, -0.1) is 0 Å². The van der Waals surface area contributed by atoms with Crippen molar-refractivity contribution in [2.75, 3.05) is 10.6 Å². The molecule has 0 aliphatic heterocycles. The number of hydrogen-bond donors (Lipinski definition) is 3. The summed E-state index contributed by atoms with van der Waals surface area (Å²) in [6.45, 7) is 5.40. The number of nitrogens with one attached hydrogen (secondary N) is 3. The Bertz CT molecular complexity index is 1040. The van der Waals surface area contributed by atoms with Gasteiger partial charge in [0.15, 0.2) is 17.5 Å². The lowest BCUT2D eigenvalue weighted by atomic mass is 10.1. The number of rotatable bonds is 8. The van der Waals surface area contributed by atoms with Crippen LogP contribution >= 0.6 is 0 Å². The number of nitro groups is 1. The Balaban J connectivity index is 1.87. The fraction of sp³-hybridized carbons (Fsp3) is 0.263. The summed E-state index contributed by atoms with van der Waals surface area (Å²) in [4.78, 5) is 14.7. The number of benzene rings is 1. The number of aromatic nitrogens is 3. The highest BCUT2D eigenvalue weighted by atomic mass is 19.1. The second-order valence-corrected chi connectivity index (χ2v) is 6.77. The first kappa shape index (κ1) is 21.0. The maximum absolute atomic E-state index is 14.4. The monoisotopic (exact) mass is 418 g/mol. The first-order valence-corrected chi connectivity index (χ1v) is 9.09. The van der Waals surface area contributed by atoms with Crippen LogP contribution in [-0.4, -0.2) is 26.2 Å². The Labute approximate surface area is 170 Å². The van der Waals surface area contributed by atoms with Gasteiger partial charge in [0.05, 0.1) is 23.1 Å². The highest BCUT2D eigenvalue weighted by Crippen LogP contribution is 2.31. The molecule has 3 aromatic rings. The molecule has 1 atom stereocenters. The van der Waals surface area contributed by atoms with Crippen molar-refractivity contribution in [2.24, 2.45) is 0 Å². The molecule has 0 saturated carbocycles. The van der Waals surface area contributed by atoms with E-state index in [9.17, 15) is 18.9 Å². The Hall–Kier alpha value is -3.76. The molecule has 0 bridgehead atoms. The largest absolute Gasteiger partial charge is 0.475 e. The van der Waals surface area contributed by atoms with Crippen LogP contribution in [0.4, 0.5) is 31.9 Å². The van der Waals surface area contributed by atoms with Gasteiger partial charge in [0.25, 0.3) is 0 Å². The van der Waals surface area contributed by atoms with Crippen LogP contribution in [0.25, 0.3) is 0 Å². The third-order valence-electron chi connectivity index (χ3n) is 4.04. The van der Waals surface area contributed by atoms with Crippen molar-refractivity contribution in [3.8, 4) is 5.88 Å². The molecular weight excluding hydrogens is 398 g/mol. The first-order chi connectivity index (χ1) is 14.2. The van der Waals surface area contributed by atoms with E-state index in [0.29, 0.717) is 11.4 Å². The zero-order valence-corrected chi connectivity index (χ0v) is 16.4. The molecule has 30 heavy (non-hydrogen) atoms. The Morgan fingerprint density at radius 1 is 1.13 bits per heavy atom.